The van der Waals surface area contributed by atoms with Crippen molar-refractivity contribution in [2.45, 2.75) is 51.5 Å². The molecule has 0 radical (unpaired) electrons. The molecule has 120 valence electrons. The number of carbonyl (C=O) groups is 3. The van der Waals surface area contributed by atoms with Crippen LogP contribution < -0.4 is 5.32 Å². The fourth-order valence-corrected chi connectivity index (χ4v) is 2.73. The normalized spacial score (nSPS) is 23.0. The summed E-state index contributed by atoms with van der Waals surface area (Å²) < 4.78 is 9.43. The van der Waals surface area contributed by atoms with E-state index in [1.807, 2.05) is 6.92 Å². The third-order valence-electron chi connectivity index (χ3n) is 4.01. The van der Waals surface area contributed by atoms with E-state index in [1.54, 1.807) is 0 Å². The van der Waals surface area contributed by atoms with Crippen molar-refractivity contribution in [3.05, 3.63) is 0 Å². The highest BCUT2D eigenvalue weighted by Gasteiger charge is 2.32. The Kier molecular flexibility index (Phi) is 7.19. The Balaban J connectivity index is 2.49. The smallest absolute Gasteiger partial charge is 0.328 e. The number of hydrogen-bond acceptors (Lipinski definition) is 5. The summed E-state index contributed by atoms with van der Waals surface area (Å²) in [5.41, 5.74) is 0. The lowest BCUT2D eigenvalue weighted by Crippen LogP contribution is -2.45. The van der Waals surface area contributed by atoms with Gasteiger partial charge in [-0.05, 0) is 32.1 Å². The third-order valence-corrected chi connectivity index (χ3v) is 4.01. The number of carbonyl (C=O) groups excluding carboxylic acids is 3. The predicted molar refractivity (Wildman–Crippen MR) is 76.3 cm³/mol. The molecule has 6 nitrogen and oxygen atoms in total. The summed E-state index contributed by atoms with van der Waals surface area (Å²) in [5, 5.41) is 2.77. The van der Waals surface area contributed by atoms with Gasteiger partial charge >= 0.3 is 11.9 Å². The second-order valence-electron chi connectivity index (χ2n) is 5.44. The average molecular weight is 299 g/mol. The van der Waals surface area contributed by atoms with Crippen LogP contribution in [0.25, 0.3) is 0 Å². The minimum atomic E-state index is -0.578. The molecule has 1 saturated carbocycles. The zero-order valence-corrected chi connectivity index (χ0v) is 13.0. The van der Waals surface area contributed by atoms with Crippen LogP contribution in [0.15, 0.2) is 0 Å². The molecule has 6 heteroatoms. The predicted octanol–water partition coefficient (Wildman–Crippen LogP) is 1.42. The molecule has 0 aliphatic heterocycles. The lowest BCUT2D eigenvalue weighted by Gasteiger charge is -2.27. The van der Waals surface area contributed by atoms with Crippen molar-refractivity contribution in [1.29, 1.82) is 0 Å². The van der Waals surface area contributed by atoms with Gasteiger partial charge in [0.1, 0.15) is 6.04 Å². The zero-order chi connectivity index (χ0) is 15.8. The zero-order valence-electron chi connectivity index (χ0n) is 13.0. The van der Waals surface area contributed by atoms with Crippen LogP contribution in [-0.4, -0.2) is 38.1 Å². The van der Waals surface area contributed by atoms with E-state index in [2.05, 4.69) is 5.32 Å². The first-order chi connectivity index (χ1) is 10.0. The minimum absolute atomic E-state index is 0.105. The maximum absolute atomic E-state index is 12.2. The van der Waals surface area contributed by atoms with E-state index in [9.17, 15) is 14.4 Å². The van der Waals surface area contributed by atoms with Crippen LogP contribution in [-0.2, 0) is 23.9 Å². The largest absolute Gasteiger partial charge is 0.469 e. The van der Waals surface area contributed by atoms with Gasteiger partial charge in [-0.1, -0.05) is 13.3 Å². The Labute approximate surface area is 125 Å². The molecule has 1 N–H and O–H groups in total. The van der Waals surface area contributed by atoms with Gasteiger partial charge < -0.3 is 14.8 Å². The maximum atomic E-state index is 12.2. The molecular formula is C15H25NO5. The number of methoxy groups -OCH3 is 2. The summed E-state index contributed by atoms with van der Waals surface area (Å²) in [6, 6.07) is -0.578. The van der Waals surface area contributed by atoms with Crippen molar-refractivity contribution < 1.29 is 23.9 Å². The van der Waals surface area contributed by atoms with Crippen molar-refractivity contribution in [1.82, 2.24) is 5.32 Å². The van der Waals surface area contributed by atoms with Gasteiger partial charge in [-0.15, -0.1) is 0 Å². The van der Waals surface area contributed by atoms with Crippen molar-refractivity contribution >= 4 is 17.8 Å². The maximum Gasteiger partial charge on any atom is 0.328 e. The van der Waals surface area contributed by atoms with Gasteiger partial charge in [0.05, 0.1) is 20.1 Å². The number of ether oxygens (including phenoxy) is 2. The van der Waals surface area contributed by atoms with E-state index in [0.717, 1.165) is 6.42 Å². The molecule has 0 aromatic carbocycles. The topological polar surface area (TPSA) is 81.7 Å². The van der Waals surface area contributed by atoms with Gasteiger partial charge in [-0.3, -0.25) is 9.59 Å². The molecule has 1 atom stereocenters. The van der Waals surface area contributed by atoms with Crippen LogP contribution in [0, 0.1) is 11.8 Å². The van der Waals surface area contributed by atoms with Gasteiger partial charge in [0, 0.05) is 5.92 Å². The third kappa shape index (κ3) is 5.02. The average Bonchev–Trinajstić information content (AvgIpc) is 2.52. The fourth-order valence-electron chi connectivity index (χ4n) is 2.73. The lowest BCUT2D eigenvalue weighted by molar-refractivity contribution is -0.148. The van der Waals surface area contributed by atoms with Crippen molar-refractivity contribution in [2.75, 3.05) is 14.2 Å². The van der Waals surface area contributed by atoms with Crippen LogP contribution >= 0.6 is 0 Å². The van der Waals surface area contributed by atoms with E-state index in [4.69, 9.17) is 9.47 Å². The molecule has 0 aromatic heterocycles. The summed E-state index contributed by atoms with van der Waals surface area (Å²) >= 11 is 0. The highest BCUT2D eigenvalue weighted by atomic mass is 16.5. The van der Waals surface area contributed by atoms with Crippen LogP contribution in [0.3, 0.4) is 0 Å². The summed E-state index contributed by atoms with van der Waals surface area (Å²) in [6.07, 6.45) is 3.95. The number of rotatable bonds is 6. The van der Waals surface area contributed by atoms with Gasteiger partial charge in [-0.25, -0.2) is 4.79 Å². The monoisotopic (exact) mass is 299 g/mol. The van der Waals surface area contributed by atoms with Crippen molar-refractivity contribution in [2.24, 2.45) is 11.8 Å². The molecule has 0 bridgehead atoms. The Morgan fingerprint density at radius 1 is 1.05 bits per heavy atom. The molecule has 1 rings (SSSR count). The summed E-state index contributed by atoms with van der Waals surface area (Å²) in [4.78, 5) is 35.3. The SMILES string of the molecule is CCCC(NC(=O)C1CCC(C(=O)OC)CC1)C(=O)OC. The Morgan fingerprint density at radius 2 is 1.62 bits per heavy atom. The molecule has 1 amide bonds. The number of amides is 1. The van der Waals surface area contributed by atoms with Gasteiger partial charge in [0.15, 0.2) is 0 Å². The molecular weight excluding hydrogens is 274 g/mol. The highest BCUT2D eigenvalue weighted by molar-refractivity contribution is 5.86. The van der Waals surface area contributed by atoms with E-state index < -0.39 is 12.0 Å². The number of esters is 2. The summed E-state index contributed by atoms with van der Waals surface area (Å²) in [6.45, 7) is 1.95. The second-order valence-corrected chi connectivity index (χ2v) is 5.44. The molecule has 0 saturated heterocycles. The molecule has 1 aliphatic carbocycles. The summed E-state index contributed by atoms with van der Waals surface area (Å²) in [5.74, 6) is -0.982. The van der Waals surface area contributed by atoms with E-state index in [-0.39, 0.29) is 23.7 Å². The second kappa shape index (κ2) is 8.64. The molecule has 0 heterocycles. The van der Waals surface area contributed by atoms with E-state index in [1.165, 1.54) is 14.2 Å². The fraction of sp³-hybridized carbons (Fsp3) is 0.800. The van der Waals surface area contributed by atoms with Gasteiger partial charge in [-0.2, -0.15) is 0 Å². The Bertz CT molecular complexity index is 374. The van der Waals surface area contributed by atoms with E-state index in [0.29, 0.717) is 32.1 Å². The number of nitrogens with one attached hydrogen (secondary N) is 1. The van der Waals surface area contributed by atoms with Crippen LogP contribution in [0.1, 0.15) is 45.4 Å². The minimum Gasteiger partial charge on any atom is -0.469 e. The standard InChI is InChI=1S/C15H25NO5/c1-4-5-12(15(19)21-3)16-13(17)10-6-8-11(9-7-10)14(18)20-2/h10-12H,4-9H2,1-3H3,(H,16,17). The first-order valence-electron chi connectivity index (χ1n) is 7.49. The van der Waals surface area contributed by atoms with Crippen LogP contribution in [0.5, 0.6) is 0 Å². The quantitative estimate of drug-likeness (QED) is 0.750. The molecule has 1 unspecified atom stereocenters. The molecule has 1 fully saturated rings. The first kappa shape index (κ1) is 17.5. The highest BCUT2D eigenvalue weighted by Crippen LogP contribution is 2.29. The molecule has 21 heavy (non-hydrogen) atoms. The van der Waals surface area contributed by atoms with Gasteiger partial charge in [0.2, 0.25) is 5.91 Å². The summed E-state index contributed by atoms with van der Waals surface area (Å²) in [7, 11) is 2.70. The first-order valence-corrected chi connectivity index (χ1v) is 7.49. The Hall–Kier alpha value is -1.59. The molecule has 0 aromatic rings. The Morgan fingerprint density at radius 3 is 2.10 bits per heavy atom. The van der Waals surface area contributed by atoms with Gasteiger partial charge in [0.25, 0.3) is 0 Å². The molecule has 0 spiro atoms. The lowest BCUT2D eigenvalue weighted by atomic mass is 9.81. The van der Waals surface area contributed by atoms with Crippen molar-refractivity contribution in [3.63, 3.8) is 0 Å². The van der Waals surface area contributed by atoms with Crippen molar-refractivity contribution in [3.8, 4) is 0 Å². The van der Waals surface area contributed by atoms with Crippen LogP contribution in [0.4, 0.5) is 0 Å². The molecule has 1 aliphatic rings. The number of hydrogen-bond donors (Lipinski definition) is 1. The van der Waals surface area contributed by atoms with E-state index >= 15 is 0 Å². The van der Waals surface area contributed by atoms with Crippen LogP contribution in [0.2, 0.25) is 0 Å².